The number of β-amino-alcohol motifs (C(OH)–C–C–N with tert-alkyl or cyclic N) is 1. The molecule has 0 aliphatic carbocycles. The molecule has 0 bridgehead atoms. The van der Waals surface area contributed by atoms with E-state index >= 15 is 0 Å². The SMILES string of the molecule is C/C(=N/OC[C@@H](O)CNC(C)(C)C)[C@H]1COc2ccccc2O1. The van der Waals surface area contributed by atoms with Crippen LogP contribution >= 0.6 is 0 Å². The van der Waals surface area contributed by atoms with E-state index < -0.39 is 6.10 Å². The minimum Gasteiger partial charge on any atom is -0.485 e. The molecule has 1 aromatic rings. The first-order valence-electron chi connectivity index (χ1n) is 7.83. The first kappa shape index (κ1) is 17.6. The largest absolute Gasteiger partial charge is 0.485 e. The molecule has 128 valence electrons. The van der Waals surface area contributed by atoms with Crippen LogP contribution in [0.2, 0.25) is 0 Å². The third kappa shape index (κ3) is 5.73. The van der Waals surface area contributed by atoms with E-state index in [-0.39, 0.29) is 18.2 Å². The fraction of sp³-hybridized carbons (Fsp3) is 0.588. The Morgan fingerprint density at radius 1 is 1.39 bits per heavy atom. The molecule has 0 saturated carbocycles. The molecular weight excluding hydrogens is 296 g/mol. The van der Waals surface area contributed by atoms with E-state index in [0.29, 0.717) is 24.6 Å². The van der Waals surface area contributed by atoms with Crippen molar-refractivity contribution in [1.29, 1.82) is 0 Å². The lowest BCUT2D eigenvalue weighted by Crippen LogP contribution is -2.42. The molecule has 0 fully saturated rings. The lowest BCUT2D eigenvalue weighted by atomic mass is 10.1. The number of nitrogens with zero attached hydrogens (tertiary/aromatic N) is 1. The lowest BCUT2D eigenvalue weighted by Gasteiger charge is -2.26. The van der Waals surface area contributed by atoms with Crippen molar-refractivity contribution < 1.29 is 19.4 Å². The summed E-state index contributed by atoms with van der Waals surface area (Å²) in [6.07, 6.45) is -0.898. The Balaban J connectivity index is 1.78. The quantitative estimate of drug-likeness (QED) is 0.619. The predicted octanol–water partition coefficient (Wildman–Crippen LogP) is 1.97. The molecule has 0 spiro atoms. The van der Waals surface area contributed by atoms with Gasteiger partial charge in [-0.3, -0.25) is 0 Å². The van der Waals surface area contributed by atoms with Crippen molar-refractivity contribution in [3.63, 3.8) is 0 Å². The van der Waals surface area contributed by atoms with Gasteiger partial charge in [0.05, 0.1) is 5.71 Å². The zero-order chi connectivity index (χ0) is 16.9. The number of ether oxygens (including phenoxy) is 2. The molecule has 6 heteroatoms. The van der Waals surface area contributed by atoms with Crippen molar-refractivity contribution >= 4 is 5.71 Å². The van der Waals surface area contributed by atoms with Crippen molar-refractivity contribution in [3.8, 4) is 11.5 Å². The van der Waals surface area contributed by atoms with Gasteiger partial charge in [-0.05, 0) is 39.8 Å². The monoisotopic (exact) mass is 322 g/mol. The van der Waals surface area contributed by atoms with Crippen LogP contribution in [-0.4, -0.2) is 48.3 Å². The molecule has 1 heterocycles. The summed E-state index contributed by atoms with van der Waals surface area (Å²) in [5, 5.41) is 17.1. The zero-order valence-electron chi connectivity index (χ0n) is 14.2. The normalized spacial score (nSPS) is 19.3. The van der Waals surface area contributed by atoms with Gasteiger partial charge in [0.2, 0.25) is 0 Å². The maximum absolute atomic E-state index is 9.85. The second-order valence-electron chi connectivity index (χ2n) is 6.68. The van der Waals surface area contributed by atoms with Crippen molar-refractivity contribution in [2.75, 3.05) is 19.8 Å². The number of benzene rings is 1. The fourth-order valence-electron chi connectivity index (χ4n) is 1.99. The molecule has 1 aliphatic rings. The summed E-state index contributed by atoms with van der Waals surface area (Å²) in [7, 11) is 0. The summed E-state index contributed by atoms with van der Waals surface area (Å²) in [4.78, 5) is 5.23. The molecular formula is C17H26N2O4. The van der Waals surface area contributed by atoms with Crippen LogP contribution in [-0.2, 0) is 4.84 Å². The molecule has 0 amide bonds. The highest BCUT2D eigenvalue weighted by atomic mass is 16.6. The van der Waals surface area contributed by atoms with Crippen LogP contribution in [0.4, 0.5) is 0 Å². The van der Waals surface area contributed by atoms with Crippen LogP contribution in [0.15, 0.2) is 29.4 Å². The van der Waals surface area contributed by atoms with E-state index in [4.69, 9.17) is 14.3 Å². The third-order valence-corrected chi connectivity index (χ3v) is 3.32. The predicted molar refractivity (Wildman–Crippen MR) is 89.2 cm³/mol. The zero-order valence-corrected chi connectivity index (χ0v) is 14.2. The van der Waals surface area contributed by atoms with E-state index in [9.17, 15) is 5.11 Å². The molecule has 2 N–H and O–H groups in total. The molecule has 1 aliphatic heterocycles. The smallest absolute Gasteiger partial charge is 0.174 e. The number of nitrogens with one attached hydrogen (secondary N) is 1. The Kier molecular flexibility index (Phi) is 5.85. The van der Waals surface area contributed by atoms with Gasteiger partial charge in [0.15, 0.2) is 17.6 Å². The van der Waals surface area contributed by atoms with Crippen LogP contribution in [0.3, 0.4) is 0 Å². The highest BCUT2D eigenvalue weighted by Gasteiger charge is 2.23. The number of aliphatic hydroxyl groups is 1. The number of oxime groups is 1. The molecule has 0 unspecified atom stereocenters. The summed E-state index contributed by atoms with van der Waals surface area (Å²) in [6.45, 7) is 8.92. The number of hydrogen-bond acceptors (Lipinski definition) is 6. The summed E-state index contributed by atoms with van der Waals surface area (Å²) >= 11 is 0. The Bertz CT molecular complexity index is 540. The number of hydrogen-bond donors (Lipinski definition) is 2. The molecule has 0 aromatic heterocycles. The second-order valence-corrected chi connectivity index (χ2v) is 6.68. The van der Waals surface area contributed by atoms with Gasteiger partial charge >= 0.3 is 0 Å². The van der Waals surface area contributed by atoms with Gasteiger partial charge < -0.3 is 24.7 Å². The van der Waals surface area contributed by atoms with Gasteiger partial charge in [0.1, 0.15) is 19.3 Å². The third-order valence-electron chi connectivity index (χ3n) is 3.32. The second kappa shape index (κ2) is 7.66. The number of fused-ring (bicyclic) bond motifs is 1. The van der Waals surface area contributed by atoms with E-state index in [1.54, 1.807) is 0 Å². The average Bonchev–Trinajstić information content (AvgIpc) is 2.51. The van der Waals surface area contributed by atoms with Crippen LogP contribution in [0.1, 0.15) is 27.7 Å². The van der Waals surface area contributed by atoms with Crippen molar-refractivity contribution in [2.45, 2.75) is 45.4 Å². The van der Waals surface area contributed by atoms with E-state index in [2.05, 4.69) is 10.5 Å². The molecule has 23 heavy (non-hydrogen) atoms. The van der Waals surface area contributed by atoms with Gasteiger partial charge in [-0.25, -0.2) is 0 Å². The average molecular weight is 322 g/mol. The standard InChI is InChI=1S/C17H26N2O4/c1-12(19-22-10-13(20)9-18-17(2,3)4)16-11-21-14-7-5-6-8-15(14)23-16/h5-8,13,16,18,20H,9-11H2,1-4H3/b19-12-/t13-,16+/m0/s1. The highest BCUT2D eigenvalue weighted by molar-refractivity contribution is 5.86. The molecule has 6 nitrogen and oxygen atoms in total. The van der Waals surface area contributed by atoms with Crippen LogP contribution in [0.25, 0.3) is 0 Å². The first-order chi connectivity index (χ1) is 10.8. The minimum absolute atomic E-state index is 0.0408. The van der Waals surface area contributed by atoms with Gasteiger partial charge in [0, 0.05) is 12.1 Å². The Labute approximate surface area is 137 Å². The van der Waals surface area contributed by atoms with E-state index in [1.807, 2.05) is 52.0 Å². The number of aliphatic hydroxyl groups excluding tert-OH is 1. The van der Waals surface area contributed by atoms with Crippen molar-refractivity contribution in [1.82, 2.24) is 5.32 Å². The summed E-state index contributed by atoms with van der Waals surface area (Å²) in [5.74, 6) is 1.44. The van der Waals surface area contributed by atoms with Gasteiger partial charge in [-0.2, -0.15) is 0 Å². The first-order valence-corrected chi connectivity index (χ1v) is 7.83. The Hall–Kier alpha value is -1.79. The maximum atomic E-state index is 9.85. The molecule has 1 aromatic carbocycles. The summed E-state index contributed by atoms with van der Waals surface area (Å²) in [6, 6.07) is 7.52. The van der Waals surface area contributed by atoms with Crippen LogP contribution in [0, 0.1) is 0 Å². The molecule has 0 radical (unpaired) electrons. The minimum atomic E-state index is -0.616. The van der Waals surface area contributed by atoms with Gasteiger partial charge in [-0.15, -0.1) is 0 Å². The maximum Gasteiger partial charge on any atom is 0.174 e. The van der Waals surface area contributed by atoms with Crippen LogP contribution in [0.5, 0.6) is 11.5 Å². The molecule has 0 saturated heterocycles. The van der Waals surface area contributed by atoms with E-state index in [1.165, 1.54) is 0 Å². The number of rotatable bonds is 6. The van der Waals surface area contributed by atoms with Crippen molar-refractivity contribution in [2.24, 2.45) is 5.16 Å². The Morgan fingerprint density at radius 2 is 2.09 bits per heavy atom. The van der Waals surface area contributed by atoms with Crippen molar-refractivity contribution in [3.05, 3.63) is 24.3 Å². The fourth-order valence-corrected chi connectivity index (χ4v) is 1.99. The highest BCUT2D eigenvalue weighted by Crippen LogP contribution is 2.31. The summed E-state index contributed by atoms with van der Waals surface area (Å²) in [5.41, 5.74) is 0.636. The van der Waals surface area contributed by atoms with Gasteiger partial charge in [0.25, 0.3) is 0 Å². The summed E-state index contributed by atoms with van der Waals surface area (Å²) < 4.78 is 11.5. The van der Waals surface area contributed by atoms with Gasteiger partial charge in [-0.1, -0.05) is 17.3 Å². The lowest BCUT2D eigenvalue weighted by molar-refractivity contribution is 0.0347. The van der Waals surface area contributed by atoms with E-state index in [0.717, 1.165) is 5.75 Å². The number of para-hydroxylation sites is 2. The van der Waals surface area contributed by atoms with Crippen LogP contribution < -0.4 is 14.8 Å². The molecule has 2 atom stereocenters. The topological polar surface area (TPSA) is 72.3 Å². The molecule has 2 rings (SSSR count). The Morgan fingerprint density at radius 3 is 2.78 bits per heavy atom.